The van der Waals surface area contributed by atoms with Gasteiger partial charge in [-0.05, 0) is 35.2 Å². The fraction of sp³-hybridized carbons (Fsp3) is 0.167. The van der Waals surface area contributed by atoms with Crippen molar-refractivity contribution in [1.82, 2.24) is 15.1 Å². The Kier molecular flexibility index (Phi) is 4.28. The lowest BCUT2D eigenvalue weighted by Crippen LogP contribution is -1.87. The Labute approximate surface area is 168 Å². The highest BCUT2D eigenvalue weighted by atomic mass is 16.5. The molecule has 0 unspecified atom stereocenters. The lowest BCUT2D eigenvalue weighted by Gasteiger charge is -2.05. The van der Waals surface area contributed by atoms with Crippen LogP contribution in [-0.2, 0) is 6.42 Å². The molecule has 0 spiro atoms. The molecule has 2 aromatic carbocycles. The van der Waals surface area contributed by atoms with Crippen LogP contribution in [0.2, 0.25) is 0 Å². The molecule has 0 fully saturated rings. The highest BCUT2D eigenvalue weighted by Crippen LogP contribution is 2.29. The van der Waals surface area contributed by atoms with Gasteiger partial charge in [-0.3, -0.25) is 0 Å². The van der Waals surface area contributed by atoms with Crippen LogP contribution in [0, 0.1) is 0 Å². The normalized spacial score (nSPS) is 11.6. The number of hydrogen-bond donors (Lipinski definition) is 1. The van der Waals surface area contributed by atoms with Crippen molar-refractivity contribution in [3.8, 4) is 22.9 Å². The van der Waals surface area contributed by atoms with Crippen LogP contribution in [-0.4, -0.2) is 15.1 Å². The van der Waals surface area contributed by atoms with Gasteiger partial charge in [0.1, 0.15) is 5.76 Å². The first-order chi connectivity index (χ1) is 14.2. The second kappa shape index (κ2) is 7.09. The van der Waals surface area contributed by atoms with Crippen LogP contribution in [0.25, 0.3) is 33.8 Å². The number of hydrogen-bond acceptors (Lipinski definition) is 4. The molecule has 5 rings (SSSR count). The maximum absolute atomic E-state index is 5.98. The van der Waals surface area contributed by atoms with E-state index in [0.29, 0.717) is 29.8 Å². The van der Waals surface area contributed by atoms with Crippen molar-refractivity contribution in [2.75, 3.05) is 0 Å². The van der Waals surface area contributed by atoms with Gasteiger partial charge in [0.15, 0.2) is 5.76 Å². The lowest BCUT2D eigenvalue weighted by molar-refractivity contribution is 0.384. The van der Waals surface area contributed by atoms with Gasteiger partial charge in [0.25, 0.3) is 0 Å². The Hall–Kier alpha value is -3.60. The molecule has 3 aromatic heterocycles. The molecule has 29 heavy (non-hydrogen) atoms. The predicted octanol–water partition coefficient (Wildman–Crippen LogP) is 6.19. The number of H-pyrrole nitrogens is 1. The number of furan rings is 1. The highest BCUT2D eigenvalue weighted by molar-refractivity contribution is 5.83. The molecule has 0 amide bonds. The molecule has 0 saturated carbocycles. The van der Waals surface area contributed by atoms with Crippen molar-refractivity contribution in [1.29, 1.82) is 0 Å². The molecular formula is C24H21N3O2. The molecule has 5 heteroatoms. The van der Waals surface area contributed by atoms with Gasteiger partial charge < -0.3 is 13.9 Å². The summed E-state index contributed by atoms with van der Waals surface area (Å²) >= 11 is 0. The number of rotatable bonds is 5. The van der Waals surface area contributed by atoms with Crippen LogP contribution >= 0.6 is 0 Å². The number of para-hydroxylation sites is 1. The number of aromatic nitrogens is 3. The first kappa shape index (κ1) is 17.5. The topological polar surface area (TPSA) is 67.8 Å². The van der Waals surface area contributed by atoms with Gasteiger partial charge in [-0.2, -0.15) is 4.98 Å². The van der Waals surface area contributed by atoms with E-state index in [2.05, 4.69) is 65.4 Å². The zero-order valence-corrected chi connectivity index (χ0v) is 16.3. The number of aromatic amines is 1. The van der Waals surface area contributed by atoms with Gasteiger partial charge in [0.2, 0.25) is 11.7 Å². The number of nitrogens with one attached hydrogen (secondary N) is 1. The molecule has 1 N–H and O–H groups in total. The van der Waals surface area contributed by atoms with E-state index in [9.17, 15) is 0 Å². The summed E-state index contributed by atoms with van der Waals surface area (Å²) in [7, 11) is 0. The molecule has 0 bridgehead atoms. The smallest absolute Gasteiger partial charge is 0.238 e. The van der Waals surface area contributed by atoms with Crippen LogP contribution in [0.5, 0.6) is 0 Å². The van der Waals surface area contributed by atoms with E-state index in [1.54, 1.807) is 0 Å². The van der Waals surface area contributed by atoms with E-state index >= 15 is 0 Å². The van der Waals surface area contributed by atoms with Crippen LogP contribution in [0.1, 0.15) is 36.8 Å². The average Bonchev–Trinajstić information content (AvgIpc) is 3.48. The minimum absolute atomic E-state index is 0.463. The predicted molar refractivity (Wildman–Crippen MR) is 113 cm³/mol. The van der Waals surface area contributed by atoms with Gasteiger partial charge in [0, 0.05) is 22.7 Å². The Bertz CT molecular complexity index is 1260. The largest absolute Gasteiger partial charge is 0.453 e. The third-order valence-electron chi connectivity index (χ3n) is 5.17. The minimum Gasteiger partial charge on any atom is -0.453 e. The number of nitrogens with zero attached hydrogens (tertiary/aromatic N) is 2. The molecule has 0 saturated heterocycles. The van der Waals surface area contributed by atoms with Gasteiger partial charge >= 0.3 is 0 Å². The van der Waals surface area contributed by atoms with Crippen molar-refractivity contribution >= 4 is 10.9 Å². The SMILES string of the molecule is CC(C)c1ccc(-c2ccc(-c3noc(Cc4c[nH]c5ccccc45)n3)o2)cc1. The molecule has 5 aromatic rings. The molecule has 5 nitrogen and oxygen atoms in total. The van der Waals surface area contributed by atoms with Crippen LogP contribution in [0.15, 0.2) is 75.8 Å². The number of fused-ring (bicyclic) bond motifs is 1. The molecule has 144 valence electrons. The lowest BCUT2D eigenvalue weighted by atomic mass is 10.0. The fourth-order valence-corrected chi connectivity index (χ4v) is 3.51. The monoisotopic (exact) mass is 383 g/mol. The van der Waals surface area contributed by atoms with Gasteiger partial charge in [0.05, 0.1) is 6.42 Å². The minimum atomic E-state index is 0.463. The second-order valence-electron chi connectivity index (χ2n) is 7.49. The summed E-state index contributed by atoms with van der Waals surface area (Å²) in [5.41, 5.74) is 4.56. The molecular weight excluding hydrogens is 362 g/mol. The van der Waals surface area contributed by atoms with E-state index in [4.69, 9.17) is 8.94 Å². The van der Waals surface area contributed by atoms with E-state index in [-0.39, 0.29) is 0 Å². The van der Waals surface area contributed by atoms with Crippen molar-refractivity contribution in [3.05, 3.63) is 83.9 Å². The fourth-order valence-electron chi connectivity index (χ4n) is 3.51. The Morgan fingerprint density at radius 3 is 2.55 bits per heavy atom. The van der Waals surface area contributed by atoms with Crippen LogP contribution in [0.3, 0.4) is 0 Å². The van der Waals surface area contributed by atoms with Crippen molar-refractivity contribution in [3.63, 3.8) is 0 Å². The van der Waals surface area contributed by atoms with E-state index in [1.807, 2.05) is 30.5 Å². The Morgan fingerprint density at radius 2 is 1.72 bits per heavy atom. The van der Waals surface area contributed by atoms with Crippen LogP contribution in [0.4, 0.5) is 0 Å². The molecule has 3 heterocycles. The first-order valence-corrected chi connectivity index (χ1v) is 9.75. The van der Waals surface area contributed by atoms with Gasteiger partial charge in [-0.25, -0.2) is 0 Å². The van der Waals surface area contributed by atoms with Crippen LogP contribution < -0.4 is 0 Å². The second-order valence-corrected chi connectivity index (χ2v) is 7.49. The number of benzene rings is 2. The van der Waals surface area contributed by atoms with Crippen molar-refractivity contribution in [2.45, 2.75) is 26.2 Å². The Balaban J connectivity index is 1.37. The summed E-state index contributed by atoms with van der Waals surface area (Å²) in [5.74, 6) is 2.92. The van der Waals surface area contributed by atoms with Crippen molar-refractivity contribution in [2.24, 2.45) is 0 Å². The van der Waals surface area contributed by atoms with E-state index < -0.39 is 0 Å². The first-order valence-electron chi connectivity index (χ1n) is 9.75. The third-order valence-corrected chi connectivity index (χ3v) is 5.17. The van der Waals surface area contributed by atoms with E-state index in [1.165, 1.54) is 5.56 Å². The summed E-state index contributed by atoms with van der Waals surface area (Å²) in [4.78, 5) is 7.79. The van der Waals surface area contributed by atoms with E-state index in [0.717, 1.165) is 27.8 Å². The Morgan fingerprint density at radius 1 is 0.931 bits per heavy atom. The third kappa shape index (κ3) is 3.36. The molecule has 0 radical (unpaired) electrons. The summed E-state index contributed by atoms with van der Waals surface area (Å²) in [6.45, 7) is 4.37. The average molecular weight is 383 g/mol. The molecule has 0 atom stereocenters. The van der Waals surface area contributed by atoms with Gasteiger partial charge in [-0.15, -0.1) is 0 Å². The maximum atomic E-state index is 5.98. The zero-order valence-electron chi connectivity index (χ0n) is 16.3. The quantitative estimate of drug-likeness (QED) is 0.393. The zero-order chi connectivity index (χ0) is 19.8. The standard InChI is InChI=1S/C24H21N3O2/c1-15(2)16-7-9-17(10-8-16)21-11-12-22(28-21)24-26-23(29-27-24)13-18-14-25-20-6-4-3-5-19(18)20/h3-12,14-15,25H,13H2,1-2H3. The van der Waals surface area contributed by atoms with Gasteiger partial charge in [-0.1, -0.05) is 61.5 Å². The molecule has 0 aliphatic carbocycles. The maximum Gasteiger partial charge on any atom is 0.238 e. The molecule has 0 aliphatic heterocycles. The summed E-state index contributed by atoms with van der Waals surface area (Å²) in [6, 6.07) is 20.4. The summed E-state index contributed by atoms with van der Waals surface area (Å²) in [6.07, 6.45) is 2.56. The summed E-state index contributed by atoms with van der Waals surface area (Å²) < 4.78 is 11.4. The molecule has 0 aliphatic rings. The summed E-state index contributed by atoms with van der Waals surface area (Å²) in [5, 5.41) is 5.27. The van der Waals surface area contributed by atoms with Crippen molar-refractivity contribution < 1.29 is 8.94 Å². The highest BCUT2D eigenvalue weighted by Gasteiger charge is 2.15.